The molecule has 1 aliphatic heterocycles. The first-order chi connectivity index (χ1) is 7.22. The number of imidazole rings is 1. The Morgan fingerprint density at radius 3 is 2.87 bits per heavy atom. The highest BCUT2D eigenvalue weighted by Gasteiger charge is 2.22. The molecule has 0 N–H and O–H groups in total. The molecule has 78 valence electrons. The van der Waals surface area contributed by atoms with Crippen LogP contribution in [-0.2, 0) is 16.6 Å². The number of nitrogens with zero attached hydrogens (tertiary/aromatic N) is 4. The molecule has 1 amide bonds. The molecule has 1 aromatic rings. The topological polar surface area (TPSA) is 68.8 Å². The van der Waals surface area contributed by atoms with Crippen molar-refractivity contribution in [2.24, 2.45) is 17.0 Å². The minimum Gasteiger partial charge on any atom is -0.366 e. The number of carbonyl (C=O) groups excluding carboxylic acids is 1. The fraction of sp³-hybridized carbons (Fsp3) is 0.333. The normalized spacial score (nSPS) is 20.5. The average Bonchev–Trinajstić information content (AvgIpc) is 2.64. The Bertz CT molecular complexity index is 447. The first-order valence-electron chi connectivity index (χ1n) is 4.39. The van der Waals surface area contributed by atoms with Gasteiger partial charge in [0.1, 0.15) is 0 Å². The van der Waals surface area contributed by atoms with E-state index in [0.717, 1.165) is 0 Å². The van der Waals surface area contributed by atoms with E-state index in [1.807, 2.05) is 7.05 Å². The van der Waals surface area contributed by atoms with Crippen LogP contribution in [-0.4, -0.2) is 40.7 Å². The van der Waals surface area contributed by atoms with Crippen LogP contribution in [0.25, 0.3) is 0 Å². The third-order valence-electron chi connectivity index (χ3n) is 2.07. The number of ether oxygens (including phenoxy) is 1. The van der Waals surface area contributed by atoms with Gasteiger partial charge in [-0.1, -0.05) is 0 Å². The maximum Gasteiger partial charge on any atom is 0.282 e. The van der Waals surface area contributed by atoms with Crippen molar-refractivity contribution in [2.45, 2.75) is 6.10 Å². The quantitative estimate of drug-likeness (QED) is 0.672. The van der Waals surface area contributed by atoms with Crippen LogP contribution in [0, 0.1) is 0 Å². The van der Waals surface area contributed by atoms with Crippen LogP contribution in [0.5, 0.6) is 0 Å². The summed E-state index contributed by atoms with van der Waals surface area (Å²) in [7, 11) is 3.25. The van der Waals surface area contributed by atoms with Crippen LogP contribution in [0.2, 0.25) is 0 Å². The fourth-order valence-electron chi connectivity index (χ4n) is 1.25. The second-order valence-corrected chi connectivity index (χ2v) is 3.07. The standard InChI is InChI=1S/C9H10N4O2/c1-13-4-3-10-8(13)7-11-5-6(15-2)9(14)12-7/h3-6H,1-2H3. The van der Waals surface area contributed by atoms with Gasteiger partial charge in [0.25, 0.3) is 5.91 Å². The second kappa shape index (κ2) is 3.74. The number of aryl methyl sites for hydroxylation is 1. The first kappa shape index (κ1) is 9.72. The maximum absolute atomic E-state index is 11.4. The van der Waals surface area contributed by atoms with Gasteiger partial charge in [-0.2, -0.15) is 4.99 Å². The molecule has 0 aliphatic carbocycles. The Morgan fingerprint density at radius 1 is 1.53 bits per heavy atom. The Morgan fingerprint density at radius 2 is 2.33 bits per heavy atom. The van der Waals surface area contributed by atoms with Gasteiger partial charge in [0.05, 0.1) is 0 Å². The molecule has 0 saturated carbocycles. The van der Waals surface area contributed by atoms with Crippen molar-refractivity contribution in [2.75, 3.05) is 7.11 Å². The van der Waals surface area contributed by atoms with Crippen LogP contribution in [0.4, 0.5) is 0 Å². The molecule has 1 aliphatic rings. The summed E-state index contributed by atoms with van der Waals surface area (Å²) in [6.07, 6.45) is 4.15. The van der Waals surface area contributed by atoms with Gasteiger partial charge in [-0.15, -0.1) is 0 Å². The molecule has 6 heteroatoms. The van der Waals surface area contributed by atoms with Crippen molar-refractivity contribution >= 4 is 18.0 Å². The molecule has 1 atom stereocenters. The van der Waals surface area contributed by atoms with Crippen LogP contribution in [0.15, 0.2) is 22.4 Å². The average molecular weight is 206 g/mol. The van der Waals surface area contributed by atoms with Gasteiger partial charge in [0.15, 0.2) is 17.8 Å². The summed E-state index contributed by atoms with van der Waals surface area (Å²) in [5, 5.41) is 0. The van der Waals surface area contributed by atoms with E-state index in [1.54, 1.807) is 17.0 Å². The van der Waals surface area contributed by atoms with Crippen molar-refractivity contribution in [1.82, 2.24) is 9.55 Å². The molecule has 0 fully saturated rings. The fourth-order valence-corrected chi connectivity index (χ4v) is 1.25. The highest BCUT2D eigenvalue weighted by molar-refractivity contribution is 6.15. The molecule has 2 rings (SSSR count). The predicted molar refractivity (Wildman–Crippen MR) is 54.0 cm³/mol. The van der Waals surface area contributed by atoms with Crippen molar-refractivity contribution in [1.29, 1.82) is 0 Å². The Hall–Kier alpha value is -1.82. The molecule has 1 aromatic heterocycles. The van der Waals surface area contributed by atoms with Gasteiger partial charge in [-0.3, -0.25) is 4.79 Å². The molecule has 1 unspecified atom stereocenters. The van der Waals surface area contributed by atoms with E-state index >= 15 is 0 Å². The molecule has 0 saturated heterocycles. The van der Waals surface area contributed by atoms with E-state index in [2.05, 4.69) is 15.0 Å². The number of hydrogen-bond acceptors (Lipinski definition) is 4. The predicted octanol–water partition coefficient (Wildman–Crippen LogP) is -0.207. The molecule has 2 heterocycles. The van der Waals surface area contributed by atoms with Gasteiger partial charge < -0.3 is 9.30 Å². The lowest BCUT2D eigenvalue weighted by atomic mass is 10.3. The lowest BCUT2D eigenvalue weighted by Crippen LogP contribution is -2.28. The Balaban J connectivity index is 2.31. The Labute approximate surface area is 86.3 Å². The number of amides is 1. The zero-order chi connectivity index (χ0) is 10.8. The molecule has 0 bridgehead atoms. The summed E-state index contributed by atoms with van der Waals surface area (Å²) in [4.78, 5) is 23.3. The third-order valence-corrected chi connectivity index (χ3v) is 2.07. The van der Waals surface area contributed by atoms with Crippen molar-refractivity contribution in [3.63, 3.8) is 0 Å². The summed E-state index contributed by atoms with van der Waals surface area (Å²) in [5.74, 6) is 0.528. The van der Waals surface area contributed by atoms with E-state index in [9.17, 15) is 4.79 Å². The number of carbonyl (C=O) groups is 1. The minimum atomic E-state index is -0.672. The second-order valence-electron chi connectivity index (χ2n) is 3.07. The molecule has 0 aromatic carbocycles. The highest BCUT2D eigenvalue weighted by atomic mass is 16.5. The van der Waals surface area contributed by atoms with Gasteiger partial charge in [-0.25, -0.2) is 9.98 Å². The smallest absolute Gasteiger partial charge is 0.282 e. The largest absolute Gasteiger partial charge is 0.366 e. The third kappa shape index (κ3) is 1.71. The van der Waals surface area contributed by atoms with E-state index < -0.39 is 6.10 Å². The number of amidine groups is 1. The van der Waals surface area contributed by atoms with Crippen LogP contribution < -0.4 is 0 Å². The number of aromatic nitrogens is 2. The Kier molecular flexibility index (Phi) is 2.42. The summed E-state index contributed by atoms with van der Waals surface area (Å²) in [6.45, 7) is 0. The summed E-state index contributed by atoms with van der Waals surface area (Å²) in [5.41, 5.74) is 0. The number of aliphatic imine (C=N–C) groups is 2. The maximum atomic E-state index is 11.4. The molecule has 0 spiro atoms. The summed E-state index contributed by atoms with van der Waals surface area (Å²) in [6, 6.07) is 0. The van der Waals surface area contributed by atoms with Crippen molar-refractivity contribution in [3.05, 3.63) is 18.2 Å². The molecule has 0 radical (unpaired) electrons. The van der Waals surface area contributed by atoms with E-state index in [4.69, 9.17) is 4.74 Å². The number of methoxy groups -OCH3 is 1. The zero-order valence-electron chi connectivity index (χ0n) is 8.41. The SMILES string of the molecule is COC1C=NC(c2nccn2C)=NC1=O. The van der Waals surface area contributed by atoms with Gasteiger partial charge >= 0.3 is 0 Å². The summed E-state index contributed by atoms with van der Waals surface area (Å²) >= 11 is 0. The molecular formula is C9H10N4O2. The lowest BCUT2D eigenvalue weighted by Gasteiger charge is -2.11. The number of hydrogen-bond donors (Lipinski definition) is 0. The monoisotopic (exact) mass is 206 g/mol. The van der Waals surface area contributed by atoms with Gasteiger partial charge in [-0.05, 0) is 0 Å². The van der Waals surface area contributed by atoms with Crippen LogP contribution in [0.1, 0.15) is 5.82 Å². The van der Waals surface area contributed by atoms with Gasteiger partial charge in [0.2, 0.25) is 0 Å². The molecular weight excluding hydrogens is 196 g/mol. The van der Waals surface area contributed by atoms with Crippen molar-refractivity contribution < 1.29 is 9.53 Å². The summed E-state index contributed by atoms with van der Waals surface area (Å²) < 4.78 is 6.61. The van der Waals surface area contributed by atoms with Crippen LogP contribution in [0.3, 0.4) is 0 Å². The lowest BCUT2D eigenvalue weighted by molar-refractivity contribution is -0.123. The number of rotatable bonds is 2. The molecule has 6 nitrogen and oxygen atoms in total. The van der Waals surface area contributed by atoms with E-state index in [0.29, 0.717) is 11.7 Å². The van der Waals surface area contributed by atoms with E-state index in [1.165, 1.54) is 13.3 Å². The van der Waals surface area contributed by atoms with Gasteiger partial charge in [0, 0.05) is 32.8 Å². The van der Waals surface area contributed by atoms with Crippen LogP contribution >= 0.6 is 0 Å². The molecule has 15 heavy (non-hydrogen) atoms. The highest BCUT2D eigenvalue weighted by Crippen LogP contribution is 2.05. The zero-order valence-corrected chi connectivity index (χ0v) is 8.41. The van der Waals surface area contributed by atoms with E-state index in [-0.39, 0.29) is 5.91 Å². The van der Waals surface area contributed by atoms with Crippen molar-refractivity contribution in [3.8, 4) is 0 Å². The first-order valence-corrected chi connectivity index (χ1v) is 4.39. The minimum absolute atomic E-state index is 0.320.